The molecule has 0 radical (unpaired) electrons. The predicted molar refractivity (Wildman–Crippen MR) is 97.5 cm³/mol. The Labute approximate surface area is 156 Å². The van der Waals surface area contributed by atoms with Gasteiger partial charge in [0.15, 0.2) is 5.69 Å². The molecular formula is C17H22N4O5S. The second-order valence-corrected chi connectivity index (χ2v) is 8.63. The van der Waals surface area contributed by atoms with Gasteiger partial charge in [-0.2, -0.15) is 0 Å². The molecule has 9 nitrogen and oxygen atoms in total. The molecule has 0 atom stereocenters. The van der Waals surface area contributed by atoms with Crippen LogP contribution in [0, 0.1) is 0 Å². The smallest absolute Gasteiger partial charge is 0.317 e. The molecule has 2 aromatic rings. The summed E-state index contributed by atoms with van der Waals surface area (Å²) in [5, 5.41) is 11.6. The van der Waals surface area contributed by atoms with Gasteiger partial charge in [0, 0.05) is 24.5 Å². The van der Waals surface area contributed by atoms with Crippen molar-refractivity contribution in [3.8, 4) is 0 Å². The molecule has 3 rings (SSSR count). The molecule has 0 bridgehead atoms. The number of amides is 1. The van der Waals surface area contributed by atoms with E-state index in [-0.39, 0.29) is 29.5 Å². The molecule has 27 heavy (non-hydrogen) atoms. The fraction of sp³-hybridized carbons (Fsp3) is 0.471. The first-order valence-electron chi connectivity index (χ1n) is 8.64. The maximum absolute atomic E-state index is 12.6. The fourth-order valence-electron chi connectivity index (χ4n) is 3.37. The van der Waals surface area contributed by atoms with Crippen molar-refractivity contribution in [3.05, 3.63) is 30.1 Å². The van der Waals surface area contributed by atoms with Gasteiger partial charge >= 0.3 is 5.97 Å². The van der Waals surface area contributed by atoms with E-state index in [0.717, 1.165) is 6.26 Å². The number of likely N-dealkylation sites (N-methyl/N-ethyl adjacent to an activating group) is 1. The third kappa shape index (κ3) is 3.96. The number of fused-ring (bicyclic) bond motifs is 1. The minimum atomic E-state index is -3.59. The molecule has 146 valence electrons. The quantitative estimate of drug-likeness (QED) is 0.697. The Morgan fingerprint density at radius 2 is 2.07 bits per heavy atom. The van der Waals surface area contributed by atoms with E-state index in [1.54, 1.807) is 24.4 Å². The first-order chi connectivity index (χ1) is 12.7. The number of pyridine rings is 1. The maximum atomic E-state index is 12.6. The average molecular weight is 394 g/mol. The number of carbonyl (C=O) groups is 2. The molecule has 1 aliphatic carbocycles. The van der Waals surface area contributed by atoms with Crippen molar-refractivity contribution in [1.29, 1.82) is 0 Å². The molecule has 1 amide bonds. The molecule has 0 aliphatic heterocycles. The van der Waals surface area contributed by atoms with Gasteiger partial charge in [-0.1, -0.05) is 13.0 Å². The van der Waals surface area contributed by atoms with Gasteiger partial charge in [0.05, 0.1) is 12.1 Å². The Morgan fingerprint density at radius 3 is 2.67 bits per heavy atom. The second kappa shape index (κ2) is 7.28. The Hall–Kier alpha value is -2.46. The van der Waals surface area contributed by atoms with Crippen LogP contribution in [-0.4, -0.2) is 71.1 Å². The van der Waals surface area contributed by atoms with Crippen LogP contribution in [0.5, 0.6) is 0 Å². The van der Waals surface area contributed by atoms with Crippen LogP contribution in [0.15, 0.2) is 29.6 Å². The standard InChI is InChI=1S/C17H22N4O5S/c1-3-20(10-14(22)23)12-8-11(9-12)18-16(24)15-13-6-4-5-7-21(13)17(19-15)27(2,25)26/h4-7,11-12H,3,8-10H2,1-2H3,(H,18,24)(H,22,23). The molecule has 2 aromatic heterocycles. The zero-order chi connectivity index (χ0) is 19.8. The van der Waals surface area contributed by atoms with Gasteiger partial charge in [0.1, 0.15) is 0 Å². The highest BCUT2D eigenvalue weighted by atomic mass is 32.2. The van der Waals surface area contributed by atoms with Crippen LogP contribution < -0.4 is 5.32 Å². The number of hydrogen-bond acceptors (Lipinski definition) is 6. The molecule has 2 heterocycles. The van der Waals surface area contributed by atoms with Crippen molar-refractivity contribution in [1.82, 2.24) is 19.6 Å². The summed E-state index contributed by atoms with van der Waals surface area (Å²) in [5.41, 5.74) is 0.490. The number of sulfone groups is 1. The minimum Gasteiger partial charge on any atom is -0.480 e. The largest absolute Gasteiger partial charge is 0.480 e. The molecule has 1 saturated carbocycles. The summed E-state index contributed by atoms with van der Waals surface area (Å²) in [4.78, 5) is 29.4. The van der Waals surface area contributed by atoms with Gasteiger partial charge in [-0.3, -0.25) is 18.9 Å². The number of hydrogen-bond donors (Lipinski definition) is 2. The minimum absolute atomic E-state index is 0.0226. The van der Waals surface area contributed by atoms with Crippen LogP contribution in [0.1, 0.15) is 30.3 Å². The Bertz CT molecular complexity index is 978. The van der Waals surface area contributed by atoms with E-state index < -0.39 is 21.7 Å². The number of nitrogens with one attached hydrogen (secondary N) is 1. The van der Waals surface area contributed by atoms with Crippen molar-refractivity contribution >= 4 is 27.2 Å². The van der Waals surface area contributed by atoms with E-state index in [0.29, 0.717) is 24.9 Å². The third-order valence-electron chi connectivity index (χ3n) is 4.77. The predicted octanol–water partition coefficient (Wildman–Crippen LogP) is 0.405. The lowest BCUT2D eigenvalue weighted by molar-refractivity contribution is -0.139. The fourth-order valence-corrected chi connectivity index (χ4v) is 4.14. The number of carboxylic acid groups (broad SMARTS) is 1. The van der Waals surface area contributed by atoms with E-state index in [9.17, 15) is 18.0 Å². The van der Waals surface area contributed by atoms with Gasteiger partial charge in [-0.25, -0.2) is 13.4 Å². The van der Waals surface area contributed by atoms with Crippen LogP contribution in [-0.2, 0) is 14.6 Å². The summed E-state index contributed by atoms with van der Waals surface area (Å²) in [5.74, 6) is -1.31. The zero-order valence-electron chi connectivity index (χ0n) is 15.1. The Kier molecular flexibility index (Phi) is 5.20. The molecule has 1 aliphatic rings. The third-order valence-corrected chi connectivity index (χ3v) is 5.72. The first kappa shape index (κ1) is 19.3. The summed E-state index contributed by atoms with van der Waals surface area (Å²) in [6, 6.07) is 5.05. The lowest BCUT2D eigenvalue weighted by atomic mass is 9.85. The number of carbonyl (C=O) groups excluding carboxylic acids is 1. The highest BCUT2D eigenvalue weighted by Crippen LogP contribution is 2.26. The van der Waals surface area contributed by atoms with Gasteiger partial charge in [0.25, 0.3) is 5.91 Å². The van der Waals surface area contributed by atoms with Crippen LogP contribution in [0.2, 0.25) is 0 Å². The molecular weight excluding hydrogens is 372 g/mol. The van der Waals surface area contributed by atoms with Crippen molar-refractivity contribution in [3.63, 3.8) is 0 Å². The van der Waals surface area contributed by atoms with E-state index in [1.165, 1.54) is 4.40 Å². The summed E-state index contributed by atoms with van der Waals surface area (Å²) in [6.45, 7) is 2.51. The van der Waals surface area contributed by atoms with Crippen LogP contribution in [0.25, 0.3) is 5.52 Å². The molecule has 10 heteroatoms. The van der Waals surface area contributed by atoms with Crippen molar-refractivity contribution in [2.45, 2.75) is 37.0 Å². The summed E-state index contributed by atoms with van der Waals surface area (Å²) >= 11 is 0. The van der Waals surface area contributed by atoms with Crippen LogP contribution in [0.3, 0.4) is 0 Å². The highest BCUT2D eigenvalue weighted by molar-refractivity contribution is 7.90. The summed E-state index contributed by atoms with van der Waals surface area (Å²) < 4.78 is 25.3. The summed E-state index contributed by atoms with van der Waals surface area (Å²) in [6.07, 6.45) is 3.91. The SMILES string of the molecule is CCN(CC(=O)O)C1CC(NC(=O)c2nc(S(C)(=O)=O)n3ccccc23)C1. The van der Waals surface area contributed by atoms with Crippen LogP contribution in [0.4, 0.5) is 0 Å². The van der Waals surface area contributed by atoms with E-state index in [1.807, 2.05) is 11.8 Å². The van der Waals surface area contributed by atoms with Crippen molar-refractivity contribution in [2.75, 3.05) is 19.3 Å². The number of aliphatic carboxylic acids is 1. The molecule has 0 saturated heterocycles. The monoisotopic (exact) mass is 394 g/mol. The number of carboxylic acids is 1. The summed E-state index contributed by atoms with van der Waals surface area (Å²) in [7, 11) is -3.59. The Balaban J connectivity index is 1.73. The van der Waals surface area contributed by atoms with Gasteiger partial charge < -0.3 is 10.4 Å². The topological polar surface area (TPSA) is 121 Å². The lowest BCUT2D eigenvalue weighted by Crippen LogP contribution is -2.54. The van der Waals surface area contributed by atoms with Gasteiger partial charge in [-0.05, 0) is 31.5 Å². The number of aromatic nitrogens is 2. The van der Waals surface area contributed by atoms with E-state index >= 15 is 0 Å². The van der Waals surface area contributed by atoms with E-state index in [4.69, 9.17) is 5.11 Å². The normalized spacial score (nSPS) is 19.8. The maximum Gasteiger partial charge on any atom is 0.317 e. The molecule has 0 spiro atoms. The van der Waals surface area contributed by atoms with E-state index in [2.05, 4.69) is 10.3 Å². The number of nitrogens with zero attached hydrogens (tertiary/aromatic N) is 3. The first-order valence-corrected chi connectivity index (χ1v) is 10.5. The average Bonchev–Trinajstić information content (AvgIpc) is 2.95. The van der Waals surface area contributed by atoms with Gasteiger partial charge in [-0.15, -0.1) is 0 Å². The highest BCUT2D eigenvalue weighted by Gasteiger charge is 2.35. The van der Waals surface area contributed by atoms with Crippen LogP contribution >= 0.6 is 0 Å². The zero-order valence-corrected chi connectivity index (χ0v) is 15.9. The molecule has 0 aromatic carbocycles. The molecule has 0 unspecified atom stereocenters. The molecule has 1 fully saturated rings. The molecule has 2 N–H and O–H groups in total. The van der Waals surface area contributed by atoms with Gasteiger partial charge in [0.2, 0.25) is 15.0 Å². The number of imidazole rings is 1. The number of rotatable bonds is 7. The lowest BCUT2D eigenvalue weighted by Gasteiger charge is -2.42. The van der Waals surface area contributed by atoms with Crippen molar-refractivity contribution < 1.29 is 23.1 Å². The Morgan fingerprint density at radius 1 is 1.37 bits per heavy atom. The second-order valence-electron chi connectivity index (χ2n) is 6.72. The van der Waals surface area contributed by atoms with Crippen molar-refractivity contribution in [2.24, 2.45) is 0 Å².